The number of hydrogen-bond donors (Lipinski definition) is 0. The maximum Gasteiger partial charge on any atom is 0.317 e. The second-order valence-corrected chi connectivity index (χ2v) is 5.72. The van der Waals surface area contributed by atoms with Crippen LogP contribution in [-0.4, -0.2) is 36.5 Å². The molecule has 0 unspecified atom stereocenters. The lowest BCUT2D eigenvalue weighted by Crippen LogP contribution is -2.37. The fraction of sp³-hybridized carbons (Fsp3) is 0.444. The summed E-state index contributed by atoms with van der Waals surface area (Å²) < 4.78 is 5.23. The first kappa shape index (κ1) is 17.5. The van der Waals surface area contributed by atoms with Gasteiger partial charge in [-0.25, -0.2) is 0 Å². The summed E-state index contributed by atoms with van der Waals surface area (Å²) in [7, 11) is 0. The minimum atomic E-state index is -0.619. The minimum Gasteiger partial charge on any atom is -0.455 e. The van der Waals surface area contributed by atoms with E-state index in [0.717, 1.165) is 18.4 Å². The Hall–Kier alpha value is -2.86. The highest BCUT2D eigenvalue weighted by Crippen LogP contribution is 2.49. The second-order valence-electron chi connectivity index (χ2n) is 5.72. The molecule has 1 saturated carbocycles. The molecule has 0 saturated heterocycles. The van der Waals surface area contributed by atoms with Crippen molar-refractivity contribution in [2.45, 2.75) is 31.1 Å². The van der Waals surface area contributed by atoms with E-state index in [-0.39, 0.29) is 44.4 Å². The van der Waals surface area contributed by atoms with Crippen molar-refractivity contribution in [3.05, 3.63) is 35.9 Å². The number of nitriles is 2. The molecule has 0 radical (unpaired) electrons. The summed E-state index contributed by atoms with van der Waals surface area (Å²) in [5, 5.41) is 17.3. The largest absolute Gasteiger partial charge is 0.455 e. The molecule has 1 aliphatic carbocycles. The fourth-order valence-corrected chi connectivity index (χ4v) is 2.58. The van der Waals surface area contributed by atoms with Crippen LogP contribution in [0.15, 0.2) is 30.3 Å². The molecule has 1 amide bonds. The molecule has 0 N–H and O–H groups in total. The van der Waals surface area contributed by atoms with Crippen molar-refractivity contribution in [1.29, 1.82) is 10.5 Å². The lowest BCUT2D eigenvalue weighted by molar-refractivity contribution is -0.154. The molecule has 0 bridgehead atoms. The smallest absolute Gasteiger partial charge is 0.317 e. The minimum absolute atomic E-state index is 0.180. The van der Waals surface area contributed by atoms with Crippen molar-refractivity contribution in [3.63, 3.8) is 0 Å². The molecule has 0 heterocycles. The quantitative estimate of drug-likeness (QED) is 0.681. The Morgan fingerprint density at radius 3 is 2.17 bits per heavy atom. The van der Waals surface area contributed by atoms with Gasteiger partial charge in [0.25, 0.3) is 5.91 Å². The fourth-order valence-electron chi connectivity index (χ4n) is 2.58. The highest BCUT2D eigenvalue weighted by molar-refractivity contribution is 5.89. The van der Waals surface area contributed by atoms with E-state index in [1.54, 1.807) is 0 Å². The Kier molecular flexibility index (Phi) is 5.92. The molecule has 6 heteroatoms. The molecular weight excluding hydrogens is 306 g/mol. The summed E-state index contributed by atoms with van der Waals surface area (Å²) in [6, 6.07) is 13.3. The molecular formula is C18H19N3O3. The number of hydrogen-bond acceptors (Lipinski definition) is 5. The van der Waals surface area contributed by atoms with Crippen LogP contribution >= 0.6 is 0 Å². The average molecular weight is 325 g/mol. The van der Waals surface area contributed by atoms with Gasteiger partial charge in [0.2, 0.25) is 0 Å². The number of rotatable bonds is 8. The van der Waals surface area contributed by atoms with E-state index in [9.17, 15) is 9.59 Å². The van der Waals surface area contributed by atoms with Crippen molar-refractivity contribution in [2.24, 2.45) is 0 Å². The molecule has 1 fully saturated rings. The van der Waals surface area contributed by atoms with E-state index >= 15 is 0 Å². The van der Waals surface area contributed by atoms with Gasteiger partial charge in [-0.2, -0.15) is 10.5 Å². The van der Waals surface area contributed by atoms with Crippen LogP contribution < -0.4 is 0 Å². The number of ether oxygens (including phenoxy) is 1. The third-order valence-corrected chi connectivity index (χ3v) is 4.13. The van der Waals surface area contributed by atoms with Crippen LogP contribution in [0.2, 0.25) is 0 Å². The van der Waals surface area contributed by atoms with Gasteiger partial charge in [-0.15, -0.1) is 0 Å². The van der Waals surface area contributed by atoms with Crippen molar-refractivity contribution < 1.29 is 14.3 Å². The lowest BCUT2D eigenvalue weighted by atomic mass is 9.96. The van der Waals surface area contributed by atoms with Gasteiger partial charge in [0, 0.05) is 13.1 Å². The topological polar surface area (TPSA) is 94.2 Å². The number of esters is 1. The van der Waals surface area contributed by atoms with Crippen molar-refractivity contribution in [2.75, 3.05) is 19.7 Å². The molecule has 0 atom stereocenters. The number of carbonyl (C=O) groups is 2. The molecule has 0 spiro atoms. The number of benzene rings is 1. The summed E-state index contributed by atoms with van der Waals surface area (Å²) in [5.74, 6) is -0.764. The molecule has 1 aliphatic rings. The Morgan fingerprint density at radius 2 is 1.67 bits per heavy atom. The Balaban J connectivity index is 1.91. The zero-order chi connectivity index (χ0) is 17.4. The highest BCUT2D eigenvalue weighted by atomic mass is 16.5. The van der Waals surface area contributed by atoms with Gasteiger partial charge in [-0.1, -0.05) is 30.3 Å². The molecule has 0 aromatic heterocycles. The van der Waals surface area contributed by atoms with Crippen molar-refractivity contribution >= 4 is 11.9 Å². The van der Waals surface area contributed by atoms with Gasteiger partial charge in [-0.05, 0) is 18.4 Å². The molecule has 1 aromatic carbocycles. The molecule has 0 aliphatic heterocycles. The van der Waals surface area contributed by atoms with Gasteiger partial charge in [-0.3, -0.25) is 9.59 Å². The van der Waals surface area contributed by atoms with Gasteiger partial charge in [0.15, 0.2) is 6.61 Å². The van der Waals surface area contributed by atoms with Crippen LogP contribution in [0.4, 0.5) is 0 Å². The standard InChI is InChI=1S/C18H19N3O3/c19-10-4-12-21(13-5-11-20)16(22)14-24-17(23)18(8-9-18)15-6-2-1-3-7-15/h1-3,6-7H,4-5,8-9,12-14H2. The van der Waals surface area contributed by atoms with Gasteiger partial charge < -0.3 is 9.64 Å². The normalized spacial score (nSPS) is 14.1. The number of nitrogens with zero attached hydrogens (tertiary/aromatic N) is 3. The van der Waals surface area contributed by atoms with Crippen molar-refractivity contribution in [1.82, 2.24) is 4.90 Å². The number of amides is 1. The highest BCUT2D eigenvalue weighted by Gasteiger charge is 2.52. The van der Waals surface area contributed by atoms with Crippen LogP contribution in [-0.2, 0) is 19.7 Å². The van der Waals surface area contributed by atoms with Gasteiger partial charge in [0.1, 0.15) is 0 Å². The zero-order valence-electron chi connectivity index (χ0n) is 13.4. The summed E-state index contributed by atoms with van der Waals surface area (Å²) in [4.78, 5) is 25.9. The maximum absolute atomic E-state index is 12.4. The molecule has 124 valence electrons. The van der Waals surface area contributed by atoms with Gasteiger partial charge >= 0.3 is 5.97 Å². The van der Waals surface area contributed by atoms with Crippen LogP contribution in [0.1, 0.15) is 31.2 Å². The first-order valence-electron chi connectivity index (χ1n) is 7.88. The monoisotopic (exact) mass is 325 g/mol. The third kappa shape index (κ3) is 4.11. The van der Waals surface area contributed by atoms with Crippen LogP contribution in [0.5, 0.6) is 0 Å². The first-order chi connectivity index (χ1) is 11.6. The van der Waals surface area contributed by atoms with E-state index in [1.165, 1.54) is 4.90 Å². The zero-order valence-corrected chi connectivity index (χ0v) is 13.4. The van der Waals surface area contributed by atoms with E-state index in [1.807, 2.05) is 42.5 Å². The predicted molar refractivity (Wildman–Crippen MR) is 85.4 cm³/mol. The Labute approximate surface area is 141 Å². The predicted octanol–water partition coefficient (Wildman–Crippen LogP) is 1.92. The number of carbonyl (C=O) groups excluding carboxylic acids is 2. The molecule has 2 rings (SSSR count). The Bertz CT molecular complexity index is 651. The summed E-state index contributed by atoms with van der Waals surface area (Å²) in [5.41, 5.74) is 0.291. The molecule has 1 aromatic rings. The second kappa shape index (κ2) is 8.12. The van der Waals surface area contributed by atoms with E-state index in [0.29, 0.717) is 0 Å². The molecule has 6 nitrogen and oxygen atoms in total. The van der Waals surface area contributed by atoms with E-state index < -0.39 is 5.41 Å². The van der Waals surface area contributed by atoms with Crippen LogP contribution in [0.3, 0.4) is 0 Å². The van der Waals surface area contributed by atoms with Crippen LogP contribution in [0, 0.1) is 22.7 Å². The third-order valence-electron chi connectivity index (χ3n) is 4.13. The summed E-state index contributed by atoms with van der Waals surface area (Å²) >= 11 is 0. The first-order valence-corrected chi connectivity index (χ1v) is 7.88. The summed E-state index contributed by atoms with van der Waals surface area (Å²) in [6.45, 7) is 0.112. The summed E-state index contributed by atoms with van der Waals surface area (Å²) in [6.07, 6.45) is 1.80. The lowest BCUT2D eigenvalue weighted by Gasteiger charge is -2.21. The van der Waals surface area contributed by atoms with Gasteiger partial charge in [0.05, 0.1) is 30.4 Å². The van der Waals surface area contributed by atoms with Crippen molar-refractivity contribution in [3.8, 4) is 12.1 Å². The van der Waals surface area contributed by atoms with Crippen LogP contribution in [0.25, 0.3) is 0 Å². The molecule has 24 heavy (non-hydrogen) atoms. The average Bonchev–Trinajstić information content (AvgIpc) is 3.42. The maximum atomic E-state index is 12.4. The van der Waals surface area contributed by atoms with E-state index in [4.69, 9.17) is 15.3 Å². The van der Waals surface area contributed by atoms with E-state index in [2.05, 4.69) is 0 Å². The Morgan fingerprint density at radius 1 is 1.08 bits per heavy atom. The SMILES string of the molecule is N#CCCN(CCC#N)C(=O)COC(=O)C1(c2ccccc2)CC1.